The summed E-state index contributed by atoms with van der Waals surface area (Å²) in [7, 11) is 1.79. The zero-order valence-corrected chi connectivity index (χ0v) is 15.3. The summed E-state index contributed by atoms with van der Waals surface area (Å²) < 4.78 is 1.63. The Morgan fingerprint density at radius 1 is 1.25 bits per heavy atom. The van der Waals surface area contributed by atoms with Crippen LogP contribution in [0.2, 0.25) is 0 Å². The third kappa shape index (κ3) is 3.82. The molecule has 0 bridgehead atoms. The number of nitrogens with two attached hydrogens (primary N) is 1. The quantitative estimate of drug-likeness (QED) is 0.853. The van der Waals surface area contributed by atoms with Crippen LogP contribution in [-0.4, -0.2) is 10.3 Å². The second-order valence-electron chi connectivity index (χ2n) is 6.46. The summed E-state index contributed by atoms with van der Waals surface area (Å²) in [5, 5.41) is 0. The number of aliphatic imine (C=N–C) groups is 1. The first-order valence-electron chi connectivity index (χ1n) is 8.43. The molecule has 0 fully saturated rings. The molecule has 2 rings (SSSR count). The lowest BCUT2D eigenvalue weighted by Gasteiger charge is -2.16. The van der Waals surface area contributed by atoms with Crippen molar-refractivity contribution in [1.82, 2.24) is 4.57 Å². The average molecular weight is 325 g/mol. The molecule has 1 aromatic heterocycles. The zero-order chi connectivity index (χ0) is 17.9. The van der Waals surface area contributed by atoms with E-state index < -0.39 is 0 Å². The molecule has 1 aromatic carbocycles. The lowest BCUT2D eigenvalue weighted by Crippen LogP contribution is -2.22. The van der Waals surface area contributed by atoms with E-state index >= 15 is 0 Å². The van der Waals surface area contributed by atoms with Gasteiger partial charge in [0.2, 0.25) is 0 Å². The number of hydrogen-bond donors (Lipinski definition) is 1. The predicted octanol–water partition coefficient (Wildman–Crippen LogP) is 3.63. The fraction of sp³-hybridized carbons (Fsp3) is 0.400. The Balaban J connectivity index is 2.64. The molecule has 1 unspecified atom stereocenters. The first kappa shape index (κ1) is 18.1. The third-order valence-electron chi connectivity index (χ3n) is 4.49. The molecule has 0 aliphatic carbocycles. The van der Waals surface area contributed by atoms with Crippen LogP contribution in [0.15, 0.2) is 40.2 Å². The fourth-order valence-corrected chi connectivity index (χ4v) is 2.70. The number of pyridine rings is 1. The lowest BCUT2D eigenvalue weighted by atomic mass is 9.96. The minimum atomic E-state index is 0.0311. The van der Waals surface area contributed by atoms with Gasteiger partial charge in [0, 0.05) is 30.9 Å². The van der Waals surface area contributed by atoms with Gasteiger partial charge in [-0.15, -0.1) is 0 Å². The minimum absolute atomic E-state index is 0.0311. The number of aryl methyl sites for hydroxylation is 3. The van der Waals surface area contributed by atoms with Crippen molar-refractivity contribution >= 4 is 11.4 Å². The molecule has 2 aromatic rings. The number of aromatic nitrogens is 1. The van der Waals surface area contributed by atoms with Crippen LogP contribution in [0.1, 0.15) is 42.5 Å². The molecule has 4 heteroatoms. The van der Waals surface area contributed by atoms with Crippen molar-refractivity contribution < 1.29 is 0 Å². The Morgan fingerprint density at radius 2 is 1.96 bits per heavy atom. The Bertz CT molecular complexity index is 792. The third-order valence-corrected chi connectivity index (χ3v) is 4.49. The Morgan fingerprint density at radius 3 is 2.54 bits per heavy atom. The van der Waals surface area contributed by atoms with E-state index in [4.69, 9.17) is 10.7 Å². The monoisotopic (exact) mass is 325 g/mol. The van der Waals surface area contributed by atoms with E-state index in [-0.39, 0.29) is 5.56 Å². The smallest absolute Gasteiger partial charge is 0.253 e. The van der Waals surface area contributed by atoms with Gasteiger partial charge in [-0.3, -0.25) is 9.79 Å². The van der Waals surface area contributed by atoms with Gasteiger partial charge < -0.3 is 10.3 Å². The van der Waals surface area contributed by atoms with Gasteiger partial charge in [-0.1, -0.05) is 26.0 Å². The van der Waals surface area contributed by atoms with Crippen molar-refractivity contribution in [3.8, 4) is 0 Å². The van der Waals surface area contributed by atoms with E-state index in [1.807, 2.05) is 31.3 Å². The molecule has 0 aliphatic heterocycles. The fourth-order valence-electron chi connectivity index (χ4n) is 2.70. The largest absolute Gasteiger partial charge is 0.326 e. The number of rotatable bonds is 5. The number of nitrogens with zero attached hydrogens (tertiary/aromatic N) is 2. The maximum atomic E-state index is 12.0. The van der Waals surface area contributed by atoms with E-state index in [9.17, 15) is 4.79 Å². The predicted molar refractivity (Wildman–Crippen MR) is 101 cm³/mol. The molecule has 0 amide bonds. The molecule has 0 radical (unpaired) electrons. The van der Waals surface area contributed by atoms with Gasteiger partial charge in [0.15, 0.2) is 0 Å². The minimum Gasteiger partial charge on any atom is -0.326 e. The molecule has 2 N–H and O–H groups in total. The van der Waals surface area contributed by atoms with Crippen LogP contribution in [0.25, 0.3) is 0 Å². The molecule has 24 heavy (non-hydrogen) atoms. The highest BCUT2D eigenvalue weighted by atomic mass is 16.1. The summed E-state index contributed by atoms with van der Waals surface area (Å²) in [4.78, 5) is 17.0. The van der Waals surface area contributed by atoms with Crippen molar-refractivity contribution in [1.29, 1.82) is 0 Å². The standard InChI is InChI=1S/C20H27N3O/c1-6-13(2)19(17-9-15(4)20(24)23(5)12-17)22-18-10-16(11-21)8-7-14(18)3/h7-10,12-13H,6,11,21H2,1-5H3/b22-19+. The first-order valence-corrected chi connectivity index (χ1v) is 8.43. The Kier molecular flexibility index (Phi) is 5.73. The van der Waals surface area contributed by atoms with Crippen molar-refractivity contribution in [3.05, 3.63) is 63.1 Å². The molecule has 0 spiro atoms. The van der Waals surface area contributed by atoms with Crippen LogP contribution >= 0.6 is 0 Å². The van der Waals surface area contributed by atoms with Crippen molar-refractivity contribution in [2.75, 3.05) is 0 Å². The molecule has 1 atom stereocenters. The van der Waals surface area contributed by atoms with Gasteiger partial charge in [-0.05, 0) is 49.4 Å². The van der Waals surface area contributed by atoms with Crippen LogP contribution in [0.4, 0.5) is 5.69 Å². The van der Waals surface area contributed by atoms with Gasteiger partial charge in [-0.25, -0.2) is 0 Å². The van der Waals surface area contributed by atoms with E-state index in [1.54, 1.807) is 11.6 Å². The Labute approximate surface area is 144 Å². The van der Waals surface area contributed by atoms with Crippen LogP contribution in [0, 0.1) is 19.8 Å². The molecular weight excluding hydrogens is 298 g/mol. The summed E-state index contributed by atoms with van der Waals surface area (Å²) in [6.45, 7) is 8.72. The molecule has 128 valence electrons. The second-order valence-corrected chi connectivity index (χ2v) is 6.46. The van der Waals surface area contributed by atoms with Crippen molar-refractivity contribution in [3.63, 3.8) is 0 Å². The molecule has 0 saturated carbocycles. The van der Waals surface area contributed by atoms with Gasteiger partial charge in [-0.2, -0.15) is 0 Å². The Hall–Kier alpha value is -2.20. The summed E-state index contributed by atoms with van der Waals surface area (Å²) in [6, 6.07) is 8.08. The van der Waals surface area contributed by atoms with Gasteiger partial charge in [0.05, 0.1) is 11.4 Å². The molecule has 1 heterocycles. The first-order chi connectivity index (χ1) is 11.4. The van der Waals surface area contributed by atoms with E-state index in [0.717, 1.165) is 40.1 Å². The maximum Gasteiger partial charge on any atom is 0.253 e. The summed E-state index contributed by atoms with van der Waals surface area (Å²) in [6.07, 6.45) is 2.86. The maximum absolute atomic E-state index is 12.0. The highest BCUT2D eigenvalue weighted by Crippen LogP contribution is 2.24. The second kappa shape index (κ2) is 7.58. The SMILES string of the molecule is CCC(C)/C(=N\c1cc(CN)ccc1C)c1cc(C)c(=O)n(C)c1. The highest BCUT2D eigenvalue weighted by molar-refractivity contribution is 6.03. The van der Waals surface area contributed by atoms with Crippen LogP contribution in [0.3, 0.4) is 0 Å². The van der Waals surface area contributed by atoms with Crippen molar-refractivity contribution in [2.45, 2.75) is 40.7 Å². The van der Waals surface area contributed by atoms with Crippen LogP contribution < -0.4 is 11.3 Å². The topological polar surface area (TPSA) is 60.4 Å². The van der Waals surface area contributed by atoms with E-state index in [1.165, 1.54) is 0 Å². The van der Waals surface area contributed by atoms with Gasteiger partial charge in [0.25, 0.3) is 5.56 Å². The summed E-state index contributed by atoms with van der Waals surface area (Å²) in [5.41, 5.74) is 11.7. The summed E-state index contributed by atoms with van der Waals surface area (Å²) >= 11 is 0. The van der Waals surface area contributed by atoms with Crippen molar-refractivity contribution in [2.24, 2.45) is 23.7 Å². The summed E-state index contributed by atoms with van der Waals surface area (Å²) in [5.74, 6) is 0.294. The lowest BCUT2D eigenvalue weighted by molar-refractivity contribution is 0.737. The molecule has 4 nitrogen and oxygen atoms in total. The van der Waals surface area contributed by atoms with E-state index in [0.29, 0.717) is 12.5 Å². The van der Waals surface area contributed by atoms with Gasteiger partial charge in [0.1, 0.15) is 0 Å². The number of hydrogen-bond acceptors (Lipinski definition) is 3. The zero-order valence-electron chi connectivity index (χ0n) is 15.3. The molecular formula is C20H27N3O. The average Bonchev–Trinajstić information content (AvgIpc) is 2.57. The van der Waals surface area contributed by atoms with Crippen LogP contribution in [0.5, 0.6) is 0 Å². The molecule has 0 aliphatic rings. The number of benzene rings is 1. The highest BCUT2D eigenvalue weighted by Gasteiger charge is 2.14. The molecule has 0 saturated heterocycles. The van der Waals surface area contributed by atoms with Crippen LogP contribution in [-0.2, 0) is 13.6 Å². The van der Waals surface area contributed by atoms with Gasteiger partial charge >= 0.3 is 0 Å². The normalized spacial score (nSPS) is 13.2. The van der Waals surface area contributed by atoms with E-state index in [2.05, 4.69) is 26.8 Å².